The number of alkyl halides is 3. The molecule has 3 nitrogen and oxygen atoms in total. The van der Waals surface area contributed by atoms with E-state index in [1.165, 1.54) is 12.1 Å². The Kier molecular flexibility index (Phi) is 4.27. The summed E-state index contributed by atoms with van der Waals surface area (Å²) in [5.74, 6) is 0.127. The predicted molar refractivity (Wildman–Crippen MR) is 71.8 cm³/mol. The molecule has 0 spiro atoms. The van der Waals surface area contributed by atoms with Gasteiger partial charge in [-0.3, -0.25) is 0 Å². The molecular weight excluding hydrogens is 307 g/mol. The summed E-state index contributed by atoms with van der Waals surface area (Å²) >= 11 is 5.77. The van der Waals surface area contributed by atoms with Crippen LogP contribution in [0.25, 0.3) is 0 Å². The van der Waals surface area contributed by atoms with Crippen LogP contribution in [0.2, 0.25) is 5.02 Å². The number of aromatic nitrogens is 1. The van der Waals surface area contributed by atoms with Crippen molar-refractivity contribution in [3.05, 3.63) is 46.6 Å². The van der Waals surface area contributed by atoms with Crippen molar-refractivity contribution in [3.63, 3.8) is 0 Å². The van der Waals surface area contributed by atoms with Crippen LogP contribution in [0.15, 0.2) is 30.5 Å². The van der Waals surface area contributed by atoms with Gasteiger partial charge in [0.05, 0.1) is 5.56 Å². The molecule has 1 aromatic carbocycles. The van der Waals surface area contributed by atoms with Crippen molar-refractivity contribution in [2.24, 2.45) is 0 Å². The lowest BCUT2D eigenvalue weighted by molar-refractivity contribution is -0.137. The SMILES string of the molecule is CCc1ccc(O)cc1Oc1ncc(C(F)(F)F)cc1Cl. The molecule has 0 saturated carbocycles. The van der Waals surface area contributed by atoms with Gasteiger partial charge in [-0.1, -0.05) is 24.6 Å². The Labute approximate surface area is 124 Å². The first-order valence-corrected chi connectivity index (χ1v) is 6.41. The highest BCUT2D eigenvalue weighted by Crippen LogP contribution is 2.36. The molecule has 2 aromatic rings. The number of phenolic OH excluding ortho intramolecular Hbond substituents is 1. The zero-order chi connectivity index (χ0) is 15.6. The Balaban J connectivity index is 2.34. The average molecular weight is 318 g/mol. The lowest BCUT2D eigenvalue weighted by atomic mass is 10.1. The van der Waals surface area contributed by atoms with Gasteiger partial charge in [0.1, 0.15) is 16.5 Å². The van der Waals surface area contributed by atoms with Crippen molar-refractivity contribution < 1.29 is 23.0 Å². The second-order valence-corrected chi connectivity index (χ2v) is 4.66. The zero-order valence-electron chi connectivity index (χ0n) is 10.9. The second-order valence-electron chi connectivity index (χ2n) is 4.26. The highest BCUT2D eigenvalue weighted by Gasteiger charge is 2.31. The zero-order valence-corrected chi connectivity index (χ0v) is 11.7. The number of pyridine rings is 1. The van der Waals surface area contributed by atoms with E-state index in [2.05, 4.69) is 4.98 Å². The minimum absolute atomic E-state index is 0.0229. The maximum absolute atomic E-state index is 12.5. The van der Waals surface area contributed by atoms with Crippen LogP contribution in [0.3, 0.4) is 0 Å². The number of aryl methyl sites for hydroxylation is 1. The molecule has 7 heteroatoms. The second kappa shape index (κ2) is 5.81. The number of ether oxygens (including phenoxy) is 1. The topological polar surface area (TPSA) is 42.4 Å². The molecule has 0 fully saturated rings. The maximum atomic E-state index is 12.5. The summed E-state index contributed by atoms with van der Waals surface area (Å²) in [4.78, 5) is 3.59. The molecule has 21 heavy (non-hydrogen) atoms. The Hall–Kier alpha value is -1.95. The summed E-state index contributed by atoms with van der Waals surface area (Å²) in [6.45, 7) is 1.88. The fourth-order valence-electron chi connectivity index (χ4n) is 1.69. The van der Waals surface area contributed by atoms with Crippen LogP contribution < -0.4 is 4.74 Å². The molecule has 0 bridgehead atoms. The monoisotopic (exact) mass is 317 g/mol. The van der Waals surface area contributed by atoms with Gasteiger partial charge in [-0.05, 0) is 24.1 Å². The molecule has 1 N–H and O–H groups in total. The van der Waals surface area contributed by atoms with Gasteiger partial charge in [-0.2, -0.15) is 13.2 Å². The summed E-state index contributed by atoms with van der Waals surface area (Å²) in [6.07, 6.45) is -3.25. The van der Waals surface area contributed by atoms with Crippen LogP contribution in [-0.4, -0.2) is 10.1 Å². The van der Waals surface area contributed by atoms with E-state index < -0.39 is 11.7 Å². The Morgan fingerprint density at radius 1 is 1.29 bits per heavy atom. The molecule has 0 aliphatic heterocycles. The molecule has 0 radical (unpaired) electrons. The smallest absolute Gasteiger partial charge is 0.417 e. The van der Waals surface area contributed by atoms with Crippen LogP contribution >= 0.6 is 11.6 Å². The fourth-order valence-corrected chi connectivity index (χ4v) is 1.89. The Morgan fingerprint density at radius 3 is 2.57 bits per heavy atom. The van der Waals surface area contributed by atoms with Crippen LogP contribution in [-0.2, 0) is 12.6 Å². The third-order valence-corrected chi connectivity index (χ3v) is 3.04. The van der Waals surface area contributed by atoms with Crippen LogP contribution in [0.4, 0.5) is 13.2 Å². The summed E-state index contributed by atoms with van der Waals surface area (Å²) in [5, 5.41) is 9.19. The van der Waals surface area contributed by atoms with Gasteiger partial charge in [-0.25, -0.2) is 4.98 Å². The van der Waals surface area contributed by atoms with Crippen molar-refractivity contribution in [3.8, 4) is 17.4 Å². The number of hydrogen-bond donors (Lipinski definition) is 1. The molecule has 112 valence electrons. The van der Waals surface area contributed by atoms with E-state index in [-0.39, 0.29) is 16.7 Å². The molecule has 0 unspecified atom stereocenters. The maximum Gasteiger partial charge on any atom is 0.417 e. The number of benzene rings is 1. The Morgan fingerprint density at radius 2 is 2.00 bits per heavy atom. The van der Waals surface area contributed by atoms with Crippen LogP contribution in [0.1, 0.15) is 18.1 Å². The quantitative estimate of drug-likeness (QED) is 0.883. The van der Waals surface area contributed by atoms with E-state index in [9.17, 15) is 18.3 Å². The van der Waals surface area contributed by atoms with Gasteiger partial charge in [0, 0.05) is 12.3 Å². The van der Waals surface area contributed by atoms with Gasteiger partial charge < -0.3 is 9.84 Å². The van der Waals surface area contributed by atoms with Crippen molar-refractivity contribution in [1.29, 1.82) is 0 Å². The predicted octanol–water partition coefficient (Wildman–Crippen LogP) is 4.81. The molecule has 1 aromatic heterocycles. The molecule has 1 heterocycles. The van der Waals surface area contributed by atoms with E-state index in [0.717, 1.165) is 11.6 Å². The molecule has 0 aliphatic rings. The van der Waals surface area contributed by atoms with Crippen LogP contribution in [0, 0.1) is 0 Å². The van der Waals surface area contributed by atoms with Crippen LogP contribution in [0.5, 0.6) is 17.4 Å². The first-order valence-electron chi connectivity index (χ1n) is 6.03. The number of halogens is 4. The van der Waals surface area contributed by atoms with Gasteiger partial charge >= 0.3 is 6.18 Å². The van der Waals surface area contributed by atoms with E-state index in [4.69, 9.17) is 16.3 Å². The number of rotatable bonds is 3. The lowest BCUT2D eigenvalue weighted by Crippen LogP contribution is -2.06. The molecule has 2 rings (SSSR count). The molecular formula is C14H11ClF3NO2. The largest absolute Gasteiger partial charge is 0.508 e. The molecule has 0 atom stereocenters. The standard InChI is InChI=1S/C14H11ClF3NO2/c1-2-8-3-4-10(20)6-12(8)21-13-11(15)5-9(7-19-13)14(16,17)18/h3-7,20H,2H2,1H3. The number of nitrogens with zero attached hydrogens (tertiary/aromatic N) is 1. The van der Waals surface area contributed by atoms with E-state index in [1.54, 1.807) is 6.07 Å². The lowest BCUT2D eigenvalue weighted by Gasteiger charge is -2.12. The van der Waals surface area contributed by atoms with E-state index in [1.807, 2.05) is 6.92 Å². The highest BCUT2D eigenvalue weighted by atomic mass is 35.5. The van der Waals surface area contributed by atoms with Crippen molar-refractivity contribution >= 4 is 11.6 Å². The summed E-state index contributed by atoms with van der Waals surface area (Å²) < 4.78 is 43.0. The van der Waals surface area contributed by atoms with Gasteiger partial charge in [-0.15, -0.1) is 0 Å². The molecule has 0 aliphatic carbocycles. The van der Waals surface area contributed by atoms with E-state index >= 15 is 0 Å². The minimum Gasteiger partial charge on any atom is -0.508 e. The first-order chi connectivity index (χ1) is 9.81. The van der Waals surface area contributed by atoms with Gasteiger partial charge in [0.15, 0.2) is 0 Å². The number of phenols is 1. The molecule has 0 amide bonds. The van der Waals surface area contributed by atoms with Gasteiger partial charge in [0.25, 0.3) is 0 Å². The fraction of sp³-hybridized carbons (Fsp3) is 0.214. The number of aromatic hydroxyl groups is 1. The van der Waals surface area contributed by atoms with Crippen molar-refractivity contribution in [2.45, 2.75) is 19.5 Å². The highest BCUT2D eigenvalue weighted by molar-refractivity contribution is 6.31. The van der Waals surface area contributed by atoms with E-state index in [0.29, 0.717) is 18.4 Å². The summed E-state index contributed by atoms with van der Waals surface area (Å²) in [6, 6.07) is 5.25. The van der Waals surface area contributed by atoms with Crippen molar-refractivity contribution in [1.82, 2.24) is 4.98 Å². The third-order valence-electron chi connectivity index (χ3n) is 2.77. The van der Waals surface area contributed by atoms with Gasteiger partial charge in [0.2, 0.25) is 5.88 Å². The summed E-state index contributed by atoms with van der Waals surface area (Å²) in [5.41, 5.74) is -0.183. The number of hydrogen-bond acceptors (Lipinski definition) is 3. The third kappa shape index (κ3) is 3.58. The average Bonchev–Trinajstić information content (AvgIpc) is 2.40. The summed E-state index contributed by atoms with van der Waals surface area (Å²) in [7, 11) is 0. The van der Waals surface area contributed by atoms with Crippen molar-refractivity contribution in [2.75, 3.05) is 0 Å². The Bertz CT molecular complexity index is 659. The first kappa shape index (κ1) is 15.4. The molecule has 0 saturated heterocycles. The minimum atomic E-state index is -4.52. The normalized spacial score (nSPS) is 11.5.